The first kappa shape index (κ1) is 22.6. The molecular formula is C25H27ClN2O4. The summed E-state index contributed by atoms with van der Waals surface area (Å²) < 4.78 is 10.9. The second-order valence-corrected chi connectivity index (χ2v) is 8.34. The first-order valence-electron chi connectivity index (χ1n) is 10.7. The van der Waals surface area contributed by atoms with Crippen LogP contribution in [0.3, 0.4) is 0 Å². The fourth-order valence-corrected chi connectivity index (χ4v) is 3.84. The molecule has 0 aliphatic carbocycles. The van der Waals surface area contributed by atoms with Crippen molar-refractivity contribution in [3.05, 3.63) is 94.9 Å². The zero-order valence-corrected chi connectivity index (χ0v) is 18.5. The third-order valence-corrected chi connectivity index (χ3v) is 5.48. The Labute approximate surface area is 193 Å². The number of aliphatic hydroxyl groups is 1. The van der Waals surface area contributed by atoms with Crippen molar-refractivity contribution in [2.45, 2.75) is 31.8 Å². The number of nitrogens with zero attached hydrogens (tertiary/aromatic N) is 2. The van der Waals surface area contributed by atoms with Crippen molar-refractivity contribution < 1.29 is 19.1 Å². The van der Waals surface area contributed by atoms with Crippen molar-refractivity contribution in [3.8, 4) is 0 Å². The van der Waals surface area contributed by atoms with E-state index in [0.29, 0.717) is 37.7 Å². The number of hydrogen-bond donors (Lipinski definition) is 1. The summed E-state index contributed by atoms with van der Waals surface area (Å²) in [6, 6.07) is 21.5. The Balaban J connectivity index is 1.32. The lowest BCUT2D eigenvalue weighted by Gasteiger charge is -2.27. The predicted molar refractivity (Wildman–Crippen MR) is 124 cm³/mol. The molecule has 0 bridgehead atoms. The van der Waals surface area contributed by atoms with Gasteiger partial charge in [-0.2, -0.15) is 0 Å². The van der Waals surface area contributed by atoms with Crippen LogP contribution in [-0.2, 0) is 22.7 Å². The van der Waals surface area contributed by atoms with E-state index in [0.717, 1.165) is 17.0 Å². The molecule has 0 saturated carbocycles. The highest BCUT2D eigenvalue weighted by molar-refractivity contribution is 6.30. The molecule has 3 aromatic rings. The summed E-state index contributed by atoms with van der Waals surface area (Å²) in [6.45, 7) is 2.37. The first-order chi connectivity index (χ1) is 15.7. The molecular weight excluding hydrogens is 428 g/mol. The van der Waals surface area contributed by atoms with E-state index in [-0.39, 0.29) is 12.7 Å². The standard InChI is InChI=1S/C25H27ClN2O4/c26-21-10-8-20(9-11-21)25-13-24(32-27-25)16-28(14-19-5-2-1-3-6-19)15-22(29)17-30-18-23-7-4-12-31-23/h1-12,22,24,29H,13-18H2/t22-,24-/m0/s1. The van der Waals surface area contributed by atoms with Crippen molar-refractivity contribution in [3.63, 3.8) is 0 Å². The Kier molecular flexibility index (Phi) is 7.96. The molecule has 0 saturated heterocycles. The summed E-state index contributed by atoms with van der Waals surface area (Å²) in [6.07, 6.45) is 1.60. The highest BCUT2D eigenvalue weighted by atomic mass is 35.5. The maximum atomic E-state index is 10.6. The molecule has 2 heterocycles. The maximum absolute atomic E-state index is 10.6. The number of ether oxygens (including phenoxy) is 1. The summed E-state index contributed by atoms with van der Waals surface area (Å²) in [7, 11) is 0. The van der Waals surface area contributed by atoms with Gasteiger partial charge in [-0.1, -0.05) is 59.2 Å². The van der Waals surface area contributed by atoms with Crippen molar-refractivity contribution in [1.82, 2.24) is 4.90 Å². The fourth-order valence-electron chi connectivity index (χ4n) is 3.71. The van der Waals surface area contributed by atoms with E-state index in [1.165, 1.54) is 5.56 Å². The van der Waals surface area contributed by atoms with Gasteiger partial charge in [-0.25, -0.2) is 0 Å². The minimum absolute atomic E-state index is 0.0828. The molecule has 0 amide bonds. The van der Waals surface area contributed by atoms with E-state index in [1.54, 1.807) is 6.26 Å². The lowest BCUT2D eigenvalue weighted by molar-refractivity contribution is -0.00955. The van der Waals surface area contributed by atoms with E-state index in [4.69, 9.17) is 25.6 Å². The molecule has 6 nitrogen and oxygen atoms in total. The molecule has 0 radical (unpaired) electrons. The molecule has 2 atom stereocenters. The SMILES string of the molecule is O[C@H](COCc1ccco1)CN(Cc1ccccc1)C[C@@H]1CC(c2ccc(Cl)cc2)=NO1. The Morgan fingerprint density at radius 1 is 1.09 bits per heavy atom. The monoisotopic (exact) mass is 454 g/mol. The Morgan fingerprint density at radius 3 is 2.66 bits per heavy atom. The largest absolute Gasteiger partial charge is 0.467 e. The van der Waals surface area contributed by atoms with Gasteiger partial charge in [-0.15, -0.1) is 0 Å². The quantitative estimate of drug-likeness (QED) is 0.462. The molecule has 4 rings (SSSR count). The van der Waals surface area contributed by atoms with Gasteiger partial charge < -0.3 is 19.1 Å². The smallest absolute Gasteiger partial charge is 0.145 e. The fraction of sp³-hybridized carbons (Fsp3) is 0.320. The number of rotatable bonds is 11. The lowest BCUT2D eigenvalue weighted by Crippen LogP contribution is -2.39. The molecule has 0 fully saturated rings. The zero-order chi connectivity index (χ0) is 22.2. The van der Waals surface area contributed by atoms with Crippen LogP contribution in [0.1, 0.15) is 23.3 Å². The minimum Gasteiger partial charge on any atom is -0.467 e. The van der Waals surface area contributed by atoms with E-state index < -0.39 is 6.10 Å². The second-order valence-electron chi connectivity index (χ2n) is 7.90. The van der Waals surface area contributed by atoms with Gasteiger partial charge in [0.1, 0.15) is 18.5 Å². The van der Waals surface area contributed by atoms with E-state index >= 15 is 0 Å². The predicted octanol–water partition coefficient (Wildman–Crippen LogP) is 4.51. The number of oxime groups is 1. The molecule has 1 N–H and O–H groups in total. The highest BCUT2D eigenvalue weighted by Gasteiger charge is 2.26. The second kappa shape index (κ2) is 11.3. The molecule has 0 spiro atoms. The van der Waals surface area contributed by atoms with Gasteiger partial charge in [0.2, 0.25) is 0 Å². The van der Waals surface area contributed by atoms with Gasteiger partial charge in [0.15, 0.2) is 0 Å². The van der Waals surface area contributed by atoms with Crippen LogP contribution in [0.2, 0.25) is 5.02 Å². The van der Waals surface area contributed by atoms with Crippen molar-refractivity contribution in [1.29, 1.82) is 0 Å². The van der Waals surface area contributed by atoms with Crippen molar-refractivity contribution >= 4 is 17.3 Å². The van der Waals surface area contributed by atoms with Crippen LogP contribution < -0.4 is 0 Å². The summed E-state index contributed by atoms with van der Waals surface area (Å²) in [5.41, 5.74) is 3.10. The number of aliphatic hydroxyl groups excluding tert-OH is 1. The Bertz CT molecular complexity index is 977. The number of hydrogen-bond acceptors (Lipinski definition) is 6. The van der Waals surface area contributed by atoms with Crippen LogP contribution in [0.5, 0.6) is 0 Å². The average molecular weight is 455 g/mol. The first-order valence-corrected chi connectivity index (χ1v) is 11.1. The summed E-state index contributed by atoms with van der Waals surface area (Å²) in [4.78, 5) is 7.90. The molecule has 1 aliphatic rings. The van der Waals surface area contributed by atoms with Crippen LogP contribution in [-0.4, -0.2) is 47.6 Å². The van der Waals surface area contributed by atoms with Crippen LogP contribution in [0, 0.1) is 0 Å². The molecule has 1 aromatic heterocycles. The summed E-state index contributed by atoms with van der Waals surface area (Å²) in [5, 5.41) is 15.6. The highest BCUT2D eigenvalue weighted by Crippen LogP contribution is 2.20. The molecule has 168 valence electrons. The Hall–Kier alpha value is -2.64. The third-order valence-electron chi connectivity index (χ3n) is 5.22. The zero-order valence-electron chi connectivity index (χ0n) is 17.8. The van der Waals surface area contributed by atoms with E-state index in [1.807, 2.05) is 54.6 Å². The average Bonchev–Trinajstić information content (AvgIpc) is 3.47. The topological polar surface area (TPSA) is 67.4 Å². The molecule has 1 aliphatic heterocycles. The number of benzene rings is 2. The minimum atomic E-state index is -0.633. The van der Waals surface area contributed by atoms with Gasteiger partial charge in [0.05, 0.1) is 24.7 Å². The van der Waals surface area contributed by atoms with Crippen molar-refractivity contribution in [2.75, 3.05) is 19.7 Å². The van der Waals surface area contributed by atoms with Crippen LogP contribution in [0.25, 0.3) is 0 Å². The normalized spacial score (nSPS) is 16.7. The van der Waals surface area contributed by atoms with E-state index in [9.17, 15) is 5.11 Å². The van der Waals surface area contributed by atoms with Gasteiger partial charge in [0.25, 0.3) is 0 Å². The van der Waals surface area contributed by atoms with Gasteiger partial charge in [-0.3, -0.25) is 4.90 Å². The molecule has 0 unspecified atom stereocenters. The van der Waals surface area contributed by atoms with E-state index in [2.05, 4.69) is 22.2 Å². The van der Waals surface area contributed by atoms with Crippen LogP contribution >= 0.6 is 11.6 Å². The molecule has 7 heteroatoms. The Morgan fingerprint density at radius 2 is 1.91 bits per heavy atom. The lowest BCUT2D eigenvalue weighted by atomic mass is 10.0. The summed E-state index contributed by atoms with van der Waals surface area (Å²) >= 11 is 5.99. The van der Waals surface area contributed by atoms with Gasteiger partial charge in [-0.05, 0) is 35.4 Å². The maximum Gasteiger partial charge on any atom is 0.145 e. The van der Waals surface area contributed by atoms with Crippen molar-refractivity contribution in [2.24, 2.45) is 5.16 Å². The van der Waals surface area contributed by atoms with Crippen LogP contribution in [0.15, 0.2) is 82.6 Å². The number of furan rings is 1. The molecule has 32 heavy (non-hydrogen) atoms. The number of halogens is 1. The van der Waals surface area contributed by atoms with Crippen LogP contribution in [0.4, 0.5) is 0 Å². The summed E-state index contributed by atoms with van der Waals surface area (Å²) in [5.74, 6) is 0.740. The van der Waals surface area contributed by atoms with Gasteiger partial charge >= 0.3 is 0 Å². The van der Waals surface area contributed by atoms with Gasteiger partial charge in [0, 0.05) is 31.1 Å². The molecule has 2 aromatic carbocycles. The third kappa shape index (κ3) is 6.68.